The van der Waals surface area contributed by atoms with Gasteiger partial charge >= 0.3 is 0 Å². The van der Waals surface area contributed by atoms with Gasteiger partial charge < -0.3 is 14.7 Å². The van der Waals surface area contributed by atoms with Crippen LogP contribution in [0.3, 0.4) is 0 Å². The first-order chi connectivity index (χ1) is 8.15. The number of rotatable bonds is 3. The van der Waals surface area contributed by atoms with Crippen molar-refractivity contribution in [1.82, 2.24) is 10.1 Å². The fourth-order valence-electron chi connectivity index (χ4n) is 1.83. The van der Waals surface area contributed by atoms with Crippen molar-refractivity contribution in [2.75, 3.05) is 18.4 Å². The molecule has 0 aliphatic carbocycles. The molecule has 0 aromatic carbocycles. The number of carbonyl (C=O) groups is 2. The first-order valence-electron chi connectivity index (χ1n) is 5.66. The molecule has 0 unspecified atom stereocenters. The second kappa shape index (κ2) is 4.99. The molecule has 1 aromatic heterocycles. The third kappa shape index (κ3) is 3.05. The van der Waals surface area contributed by atoms with Gasteiger partial charge in [0.25, 0.3) is 0 Å². The fraction of sp³-hybridized carbons (Fsp3) is 0.545. The Hall–Kier alpha value is -1.85. The van der Waals surface area contributed by atoms with Crippen molar-refractivity contribution >= 4 is 17.6 Å². The molecule has 0 radical (unpaired) electrons. The van der Waals surface area contributed by atoms with E-state index in [4.69, 9.17) is 4.52 Å². The van der Waals surface area contributed by atoms with Crippen LogP contribution in [-0.4, -0.2) is 35.0 Å². The molecule has 0 bridgehead atoms. The lowest BCUT2D eigenvalue weighted by molar-refractivity contribution is -0.133. The molecular weight excluding hydrogens is 222 g/mol. The van der Waals surface area contributed by atoms with E-state index in [1.54, 1.807) is 17.9 Å². The number of aromatic nitrogens is 1. The Morgan fingerprint density at radius 3 is 2.76 bits per heavy atom. The zero-order valence-corrected chi connectivity index (χ0v) is 9.73. The number of nitrogens with zero attached hydrogens (tertiary/aromatic N) is 2. The Morgan fingerprint density at radius 2 is 2.18 bits per heavy atom. The Bertz CT molecular complexity index is 421. The SMILES string of the molecule is Cc1cc(NC(=O)CC(=O)N2CCCC2)no1. The van der Waals surface area contributed by atoms with E-state index < -0.39 is 0 Å². The average molecular weight is 237 g/mol. The number of likely N-dealkylation sites (tertiary alicyclic amines) is 1. The van der Waals surface area contributed by atoms with Gasteiger partial charge in [-0.25, -0.2) is 0 Å². The van der Waals surface area contributed by atoms with Crippen molar-refractivity contribution in [1.29, 1.82) is 0 Å². The zero-order valence-electron chi connectivity index (χ0n) is 9.73. The maximum atomic E-state index is 11.7. The van der Waals surface area contributed by atoms with Crippen LogP contribution >= 0.6 is 0 Å². The summed E-state index contributed by atoms with van der Waals surface area (Å²) in [5.41, 5.74) is 0. The van der Waals surface area contributed by atoms with Crippen LogP contribution in [-0.2, 0) is 9.59 Å². The molecule has 1 aliphatic rings. The molecule has 6 heteroatoms. The van der Waals surface area contributed by atoms with Crippen molar-refractivity contribution in [2.45, 2.75) is 26.2 Å². The van der Waals surface area contributed by atoms with Gasteiger partial charge in [0.2, 0.25) is 11.8 Å². The maximum absolute atomic E-state index is 11.7. The smallest absolute Gasteiger partial charge is 0.235 e. The van der Waals surface area contributed by atoms with Crippen LogP contribution in [0.25, 0.3) is 0 Å². The molecule has 6 nitrogen and oxygen atoms in total. The largest absolute Gasteiger partial charge is 0.360 e. The van der Waals surface area contributed by atoms with Gasteiger partial charge in [0.15, 0.2) is 5.82 Å². The quantitative estimate of drug-likeness (QED) is 0.793. The molecule has 0 saturated carbocycles. The number of nitrogens with one attached hydrogen (secondary N) is 1. The summed E-state index contributed by atoms with van der Waals surface area (Å²) < 4.78 is 4.81. The van der Waals surface area contributed by atoms with Gasteiger partial charge in [-0.05, 0) is 19.8 Å². The number of aryl methyl sites for hydroxylation is 1. The van der Waals surface area contributed by atoms with Crippen LogP contribution in [0.4, 0.5) is 5.82 Å². The molecule has 0 atom stereocenters. The van der Waals surface area contributed by atoms with Gasteiger partial charge in [0.05, 0.1) is 0 Å². The van der Waals surface area contributed by atoms with E-state index in [9.17, 15) is 9.59 Å². The maximum Gasteiger partial charge on any atom is 0.235 e. The van der Waals surface area contributed by atoms with Gasteiger partial charge in [-0.3, -0.25) is 9.59 Å². The third-order valence-electron chi connectivity index (χ3n) is 2.67. The predicted molar refractivity (Wildman–Crippen MR) is 60.3 cm³/mol. The van der Waals surface area contributed by atoms with Gasteiger partial charge in [0, 0.05) is 19.2 Å². The number of hydrogen-bond acceptors (Lipinski definition) is 4. The van der Waals surface area contributed by atoms with Gasteiger partial charge in [-0.1, -0.05) is 5.16 Å². The predicted octanol–water partition coefficient (Wildman–Crippen LogP) is 0.934. The molecular formula is C11H15N3O3. The lowest BCUT2D eigenvalue weighted by Gasteiger charge is -2.14. The van der Waals surface area contributed by atoms with Crippen LogP contribution in [0.2, 0.25) is 0 Å². The van der Waals surface area contributed by atoms with E-state index >= 15 is 0 Å². The second-order valence-electron chi connectivity index (χ2n) is 4.14. The number of amides is 2. The summed E-state index contributed by atoms with van der Waals surface area (Å²) in [6.07, 6.45) is 1.91. The molecule has 0 spiro atoms. The van der Waals surface area contributed by atoms with Crippen molar-refractivity contribution < 1.29 is 14.1 Å². The zero-order chi connectivity index (χ0) is 12.3. The molecule has 2 rings (SSSR count). The highest BCUT2D eigenvalue weighted by Gasteiger charge is 2.20. The highest BCUT2D eigenvalue weighted by atomic mass is 16.5. The number of anilines is 1. The van der Waals surface area contributed by atoms with Gasteiger partial charge in [-0.2, -0.15) is 0 Å². The molecule has 92 valence electrons. The molecule has 1 aliphatic heterocycles. The average Bonchev–Trinajstić information content (AvgIpc) is 2.89. The van der Waals surface area contributed by atoms with Crippen molar-refractivity contribution in [3.05, 3.63) is 11.8 Å². The van der Waals surface area contributed by atoms with Crippen molar-refractivity contribution in [3.8, 4) is 0 Å². The highest BCUT2D eigenvalue weighted by Crippen LogP contribution is 2.10. The summed E-state index contributed by atoms with van der Waals surface area (Å²) in [5, 5.41) is 6.15. The minimum atomic E-state index is -0.352. The summed E-state index contributed by atoms with van der Waals surface area (Å²) in [5.74, 6) is 0.489. The third-order valence-corrected chi connectivity index (χ3v) is 2.67. The fourth-order valence-corrected chi connectivity index (χ4v) is 1.83. The first kappa shape index (κ1) is 11.6. The summed E-state index contributed by atoms with van der Waals surface area (Å²) >= 11 is 0. The summed E-state index contributed by atoms with van der Waals surface area (Å²) in [6, 6.07) is 1.61. The van der Waals surface area contributed by atoms with Crippen molar-refractivity contribution in [2.24, 2.45) is 0 Å². The van der Waals surface area contributed by atoms with E-state index in [-0.39, 0.29) is 18.2 Å². The molecule has 2 amide bonds. The van der Waals surface area contributed by atoms with Gasteiger partial charge in [-0.15, -0.1) is 0 Å². The Labute approximate surface area is 98.9 Å². The van der Waals surface area contributed by atoms with Crippen LogP contribution in [0.1, 0.15) is 25.0 Å². The Balaban J connectivity index is 1.82. The first-order valence-corrected chi connectivity index (χ1v) is 5.66. The van der Waals surface area contributed by atoms with E-state index in [0.29, 0.717) is 11.6 Å². The summed E-state index contributed by atoms with van der Waals surface area (Å²) in [6.45, 7) is 3.25. The lowest BCUT2D eigenvalue weighted by Crippen LogP contribution is -2.31. The highest BCUT2D eigenvalue weighted by molar-refractivity contribution is 6.03. The minimum Gasteiger partial charge on any atom is -0.360 e. The Kier molecular flexibility index (Phi) is 3.41. The molecule has 1 fully saturated rings. The standard InChI is InChI=1S/C11H15N3O3/c1-8-6-9(13-17-8)12-10(15)7-11(16)14-4-2-3-5-14/h6H,2-5,7H2,1H3,(H,12,13,15). The van der Waals surface area contributed by atoms with E-state index in [0.717, 1.165) is 25.9 Å². The number of hydrogen-bond donors (Lipinski definition) is 1. The lowest BCUT2D eigenvalue weighted by atomic mass is 10.3. The van der Waals surface area contributed by atoms with Crippen LogP contribution < -0.4 is 5.32 Å². The minimum absolute atomic E-state index is 0.125. The molecule has 1 N–H and O–H groups in total. The van der Waals surface area contributed by atoms with E-state index in [1.165, 1.54) is 0 Å². The second-order valence-corrected chi connectivity index (χ2v) is 4.14. The normalized spacial score (nSPS) is 15.0. The molecule has 1 aromatic rings. The summed E-state index contributed by atoms with van der Waals surface area (Å²) in [7, 11) is 0. The van der Waals surface area contributed by atoms with Gasteiger partial charge in [0.1, 0.15) is 12.2 Å². The van der Waals surface area contributed by atoms with Crippen LogP contribution in [0.15, 0.2) is 10.6 Å². The Morgan fingerprint density at radius 1 is 1.47 bits per heavy atom. The van der Waals surface area contributed by atoms with Crippen LogP contribution in [0, 0.1) is 6.92 Å². The van der Waals surface area contributed by atoms with Crippen LogP contribution in [0.5, 0.6) is 0 Å². The van der Waals surface area contributed by atoms with Crippen molar-refractivity contribution in [3.63, 3.8) is 0 Å². The molecule has 17 heavy (non-hydrogen) atoms. The topological polar surface area (TPSA) is 75.4 Å². The van der Waals surface area contributed by atoms with E-state index in [2.05, 4.69) is 10.5 Å². The van der Waals surface area contributed by atoms with E-state index in [1.807, 2.05) is 0 Å². The number of carbonyl (C=O) groups excluding carboxylic acids is 2. The molecule has 1 saturated heterocycles. The molecule has 2 heterocycles. The monoisotopic (exact) mass is 237 g/mol. The summed E-state index contributed by atoms with van der Waals surface area (Å²) in [4.78, 5) is 24.9.